The minimum absolute atomic E-state index is 0.397. The number of morpholine rings is 1. The van der Waals surface area contributed by atoms with Gasteiger partial charge in [0.25, 0.3) is 0 Å². The first kappa shape index (κ1) is 16.9. The highest BCUT2D eigenvalue weighted by molar-refractivity contribution is 4.84. The van der Waals surface area contributed by atoms with Gasteiger partial charge in [-0.15, -0.1) is 0 Å². The summed E-state index contributed by atoms with van der Waals surface area (Å²) < 4.78 is 5.62. The highest BCUT2D eigenvalue weighted by Gasteiger charge is 2.30. The summed E-state index contributed by atoms with van der Waals surface area (Å²) in [4.78, 5) is 2.66. The quantitative estimate of drug-likeness (QED) is 0.652. The van der Waals surface area contributed by atoms with Crippen molar-refractivity contribution in [3.8, 4) is 0 Å². The highest BCUT2D eigenvalue weighted by atomic mass is 16.5. The van der Waals surface area contributed by atoms with Crippen molar-refractivity contribution in [2.45, 2.75) is 59.4 Å². The molecule has 19 heavy (non-hydrogen) atoms. The summed E-state index contributed by atoms with van der Waals surface area (Å²) in [6.45, 7) is 15.7. The number of hydrogen-bond acceptors (Lipinski definition) is 3. The average molecular weight is 270 g/mol. The summed E-state index contributed by atoms with van der Waals surface area (Å²) in [5, 5.41) is 3.62. The molecule has 0 radical (unpaired) electrons. The largest absolute Gasteiger partial charge is 0.378 e. The van der Waals surface area contributed by atoms with Gasteiger partial charge in [-0.1, -0.05) is 34.1 Å². The maximum atomic E-state index is 5.62. The molecule has 1 N–H and O–H groups in total. The Kier molecular flexibility index (Phi) is 7.96. The van der Waals surface area contributed by atoms with Crippen LogP contribution in [0.1, 0.15) is 53.4 Å². The molecular formula is C16H34N2O. The molecule has 3 heteroatoms. The van der Waals surface area contributed by atoms with Gasteiger partial charge in [0.15, 0.2) is 0 Å². The van der Waals surface area contributed by atoms with Crippen molar-refractivity contribution in [2.24, 2.45) is 5.41 Å². The molecule has 2 unspecified atom stereocenters. The molecule has 1 aliphatic heterocycles. The summed E-state index contributed by atoms with van der Waals surface area (Å²) in [6, 6.07) is 0.621. The lowest BCUT2D eigenvalue weighted by molar-refractivity contribution is -0.0270. The fourth-order valence-corrected chi connectivity index (χ4v) is 3.16. The lowest BCUT2D eigenvalue weighted by Crippen LogP contribution is -2.51. The highest BCUT2D eigenvalue weighted by Crippen LogP contribution is 2.26. The summed E-state index contributed by atoms with van der Waals surface area (Å²) in [7, 11) is 0. The first-order chi connectivity index (χ1) is 9.15. The van der Waals surface area contributed by atoms with Crippen molar-refractivity contribution < 1.29 is 4.74 Å². The standard InChI is InChI=1S/C16H34N2O/c1-5-8-16(4,13-17-9-6-2)14-18-10-11-19-12-15(18)7-3/h15,17H,5-14H2,1-4H3. The Morgan fingerprint density at radius 3 is 2.68 bits per heavy atom. The van der Waals surface area contributed by atoms with Crippen LogP contribution in [0.4, 0.5) is 0 Å². The Bertz CT molecular complexity index is 235. The van der Waals surface area contributed by atoms with Crippen molar-refractivity contribution in [2.75, 3.05) is 39.4 Å². The minimum Gasteiger partial charge on any atom is -0.378 e. The van der Waals surface area contributed by atoms with Crippen LogP contribution < -0.4 is 5.32 Å². The van der Waals surface area contributed by atoms with Crippen LogP contribution in [0.3, 0.4) is 0 Å². The molecular weight excluding hydrogens is 236 g/mol. The van der Waals surface area contributed by atoms with Crippen molar-refractivity contribution in [1.82, 2.24) is 10.2 Å². The maximum Gasteiger partial charge on any atom is 0.0622 e. The molecule has 1 fully saturated rings. The van der Waals surface area contributed by atoms with Crippen molar-refractivity contribution in [3.05, 3.63) is 0 Å². The van der Waals surface area contributed by atoms with Crippen molar-refractivity contribution in [3.63, 3.8) is 0 Å². The number of hydrogen-bond donors (Lipinski definition) is 1. The topological polar surface area (TPSA) is 24.5 Å². The molecule has 0 spiro atoms. The third kappa shape index (κ3) is 5.80. The number of ether oxygens (including phenoxy) is 1. The predicted octanol–water partition coefficient (Wildman–Crippen LogP) is 2.90. The van der Waals surface area contributed by atoms with Gasteiger partial charge >= 0.3 is 0 Å². The summed E-state index contributed by atoms with van der Waals surface area (Å²) >= 11 is 0. The number of rotatable bonds is 9. The van der Waals surface area contributed by atoms with Crippen LogP contribution in [-0.2, 0) is 4.74 Å². The SMILES string of the molecule is CCCNCC(C)(CCC)CN1CCOCC1CC. The van der Waals surface area contributed by atoms with Crippen LogP contribution in [0.2, 0.25) is 0 Å². The zero-order chi connectivity index (χ0) is 14.1. The summed E-state index contributed by atoms with van der Waals surface area (Å²) in [5.41, 5.74) is 0.397. The molecule has 1 saturated heterocycles. The zero-order valence-corrected chi connectivity index (χ0v) is 13.5. The number of nitrogens with one attached hydrogen (secondary N) is 1. The van der Waals surface area contributed by atoms with E-state index in [0.717, 1.165) is 32.8 Å². The van der Waals surface area contributed by atoms with E-state index in [9.17, 15) is 0 Å². The molecule has 3 nitrogen and oxygen atoms in total. The lowest BCUT2D eigenvalue weighted by Gasteiger charge is -2.42. The Labute approximate surface area is 120 Å². The Morgan fingerprint density at radius 2 is 2.05 bits per heavy atom. The van der Waals surface area contributed by atoms with Crippen molar-refractivity contribution >= 4 is 0 Å². The Hall–Kier alpha value is -0.120. The van der Waals surface area contributed by atoms with Crippen LogP contribution in [0.25, 0.3) is 0 Å². The van der Waals surface area contributed by atoms with Crippen LogP contribution in [0, 0.1) is 5.41 Å². The Balaban J connectivity index is 2.54. The van der Waals surface area contributed by atoms with Gasteiger partial charge in [-0.05, 0) is 31.2 Å². The van der Waals surface area contributed by atoms with E-state index in [1.165, 1.54) is 32.2 Å². The molecule has 0 amide bonds. The van der Waals surface area contributed by atoms with Gasteiger partial charge in [-0.3, -0.25) is 4.90 Å². The number of nitrogens with zero attached hydrogens (tertiary/aromatic N) is 1. The molecule has 0 aliphatic carbocycles. The molecule has 1 heterocycles. The molecule has 0 aromatic carbocycles. The monoisotopic (exact) mass is 270 g/mol. The predicted molar refractivity (Wildman–Crippen MR) is 82.6 cm³/mol. The van der Waals surface area contributed by atoms with Crippen LogP contribution >= 0.6 is 0 Å². The normalized spacial score (nSPS) is 24.3. The van der Waals surface area contributed by atoms with E-state index in [2.05, 4.69) is 37.9 Å². The second-order valence-electron chi connectivity index (χ2n) is 6.34. The van der Waals surface area contributed by atoms with Gasteiger partial charge in [0.2, 0.25) is 0 Å². The van der Waals surface area contributed by atoms with Gasteiger partial charge in [-0.2, -0.15) is 0 Å². The van der Waals surface area contributed by atoms with Gasteiger partial charge in [0.1, 0.15) is 0 Å². The average Bonchev–Trinajstić information content (AvgIpc) is 2.40. The smallest absolute Gasteiger partial charge is 0.0622 e. The van der Waals surface area contributed by atoms with Crippen LogP contribution in [-0.4, -0.2) is 50.3 Å². The molecule has 0 bridgehead atoms. The molecule has 1 aliphatic rings. The van der Waals surface area contributed by atoms with E-state index in [0.29, 0.717) is 11.5 Å². The van der Waals surface area contributed by atoms with E-state index in [4.69, 9.17) is 4.74 Å². The summed E-state index contributed by atoms with van der Waals surface area (Å²) in [6.07, 6.45) is 4.99. The van der Waals surface area contributed by atoms with E-state index in [-0.39, 0.29) is 0 Å². The summed E-state index contributed by atoms with van der Waals surface area (Å²) in [5.74, 6) is 0. The zero-order valence-electron chi connectivity index (χ0n) is 13.5. The Morgan fingerprint density at radius 1 is 1.26 bits per heavy atom. The van der Waals surface area contributed by atoms with Gasteiger partial charge in [-0.25, -0.2) is 0 Å². The maximum absolute atomic E-state index is 5.62. The van der Waals surface area contributed by atoms with E-state index >= 15 is 0 Å². The van der Waals surface area contributed by atoms with Crippen LogP contribution in [0.15, 0.2) is 0 Å². The molecule has 0 aromatic heterocycles. The van der Waals surface area contributed by atoms with Gasteiger partial charge in [0.05, 0.1) is 13.2 Å². The first-order valence-electron chi connectivity index (χ1n) is 8.17. The second kappa shape index (κ2) is 8.93. The van der Waals surface area contributed by atoms with Crippen LogP contribution in [0.5, 0.6) is 0 Å². The second-order valence-corrected chi connectivity index (χ2v) is 6.34. The molecule has 1 rings (SSSR count). The van der Waals surface area contributed by atoms with E-state index in [1.807, 2.05) is 0 Å². The fourth-order valence-electron chi connectivity index (χ4n) is 3.16. The fraction of sp³-hybridized carbons (Fsp3) is 1.00. The molecule has 114 valence electrons. The molecule has 0 aromatic rings. The molecule has 2 atom stereocenters. The lowest BCUT2D eigenvalue weighted by atomic mass is 9.84. The third-order valence-electron chi connectivity index (χ3n) is 4.24. The van der Waals surface area contributed by atoms with Crippen molar-refractivity contribution in [1.29, 1.82) is 0 Å². The van der Waals surface area contributed by atoms with Gasteiger partial charge in [0, 0.05) is 25.7 Å². The van der Waals surface area contributed by atoms with Gasteiger partial charge < -0.3 is 10.1 Å². The molecule has 0 saturated carbocycles. The van der Waals surface area contributed by atoms with E-state index in [1.54, 1.807) is 0 Å². The minimum atomic E-state index is 0.397. The third-order valence-corrected chi connectivity index (χ3v) is 4.24. The van der Waals surface area contributed by atoms with E-state index < -0.39 is 0 Å². The first-order valence-corrected chi connectivity index (χ1v) is 8.17.